The van der Waals surface area contributed by atoms with Crippen molar-refractivity contribution in [1.82, 2.24) is 10.3 Å². The number of anilines is 1. The summed E-state index contributed by atoms with van der Waals surface area (Å²) >= 11 is 0. The number of rotatable bonds is 8. The van der Waals surface area contributed by atoms with Crippen LogP contribution in [0.3, 0.4) is 0 Å². The van der Waals surface area contributed by atoms with E-state index in [9.17, 15) is 14.7 Å². The van der Waals surface area contributed by atoms with Gasteiger partial charge in [-0.1, -0.05) is 39.0 Å². The van der Waals surface area contributed by atoms with E-state index in [4.69, 9.17) is 10.5 Å². The summed E-state index contributed by atoms with van der Waals surface area (Å²) < 4.78 is 5.26. The van der Waals surface area contributed by atoms with Gasteiger partial charge in [0.15, 0.2) is 0 Å². The monoisotopic (exact) mass is 490 g/mol. The Kier molecular flexibility index (Phi) is 8.45. The Bertz CT molecular complexity index is 1250. The van der Waals surface area contributed by atoms with Crippen molar-refractivity contribution in [3.05, 3.63) is 77.0 Å². The first kappa shape index (κ1) is 26.8. The molecule has 8 heteroatoms. The molecule has 0 aliphatic rings. The number of nitrogens with one attached hydrogen (secondary N) is 2. The van der Waals surface area contributed by atoms with E-state index in [1.54, 1.807) is 36.4 Å². The summed E-state index contributed by atoms with van der Waals surface area (Å²) in [6, 6.07) is 15.7. The van der Waals surface area contributed by atoms with Crippen LogP contribution in [0.5, 0.6) is 5.88 Å². The van der Waals surface area contributed by atoms with Gasteiger partial charge in [0.25, 0.3) is 11.8 Å². The summed E-state index contributed by atoms with van der Waals surface area (Å²) in [5.41, 5.74) is 9.76. The number of pyridine rings is 1. The van der Waals surface area contributed by atoms with E-state index in [0.717, 1.165) is 16.7 Å². The fourth-order valence-corrected chi connectivity index (χ4v) is 3.80. The number of aryl methyl sites for hydroxylation is 1. The quantitative estimate of drug-likeness (QED) is 0.379. The maximum absolute atomic E-state index is 13.3. The first-order valence-corrected chi connectivity index (χ1v) is 11.8. The van der Waals surface area contributed by atoms with E-state index in [2.05, 4.69) is 15.6 Å². The smallest absolute Gasteiger partial charge is 0.275 e. The Morgan fingerprint density at radius 3 is 2.39 bits per heavy atom. The van der Waals surface area contributed by atoms with Gasteiger partial charge in [0.2, 0.25) is 5.88 Å². The van der Waals surface area contributed by atoms with E-state index in [1.807, 2.05) is 45.9 Å². The van der Waals surface area contributed by atoms with Gasteiger partial charge in [-0.05, 0) is 59.4 Å². The molecule has 0 bridgehead atoms. The van der Waals surface area contributed by atoms with Crippen LogP contribution < -0.4 is 21.1 Å². The van der Waals surface area contributed by atoms with Gasteiger partial charge in [0.05, 0.1) is 19.8 Å². The SMILES string of the molecule is COc1ccc(-c2ccc(C(=O)N[C@H](CO)C(C)(C)C)cc2C)c(C(=O)Nc2cccc(CN)c2)n1. The molecule has 0 radical (unpaired) electrons. The summed E-state index contributed by atoms with van der Waals surface area (Å²) in [4.78, 5) is 30.5. The van der Waals surface area contributed by atoms with Crippen LogP contribution in [-0.4, -0.2) is 41.7 Å². The third kappa shape index (κ3) is 6.27. The number of hydrogen-bond donors (Lipinski definition) is 4. The molecule has 0 saturated carbocycles. The van der Waals surface area contributed by atoms with Crippen LogP contribution in [0.15, 0.2) is 54.6 Å². The molecule has 36 heavy (non-hydrogen) atoms. The van der Waals surface area contributed by atoms with Crippen molar-refractivity contribution in [3.8, 4) is 17.0 Å². The number of aliphatic hydroxyl groups excluding tert-OH is 1. The molecule has 0 spiro atoms. The fraction of sp³-hybridized carbons (Fsp3) is 0.321. The van der Waals surface area contributed by atoms with Crippen molar-refractivity contribution in [2.24, 2.45) is 11.1 Å². The highest BCUT2D eigenvalue weighted by Gasteiger charge is 2.26. The average Bonchev–Trinajstić information content (AvgIpc) is 2.86. The highest BCUT2D eigenvalue weighted by molar-refractivity contribution is 6.07. The van der Waals surface area contributed by atoms with Crippen LogP contribution in [-0.2, 0) is 6.54 Å². The molecule has 2 amide bonds. The summed E-state index contributed by atoms with van der Waals surface area (Å²) in [5, 5.41) is 15.5. The second kappa shape index (κ2) is 11.3. The molecule has 190 valence electrons. The van der Waals surface area contributed by atoms with E-state index in [-0.39, 0.29) is 29.7 Å². The lowest BCUT2D eigenvalue weighted by Gasteiger charge is -2.29. The molecule has 3 aromatic rings. The minimum atomic E-state index is -0.393. The molecule has 0 fully saturated rings. The summed E-state index contributed by atoms with van der Waals surface area (Å²) in [6.45, 7) is 7.95. The molecule has 1 aromatic heterocycles. The number of nitrogens with zero attached hydrogens (tertiary/aromatic N) is 1. The summed E-state index contributed by atoms with van der Waals surface area (Å²) in [5.74, 6) is -0.357. The molecule has 3 rings (SSSR count). The number of benzene rings is 2. The Labute approximate surface area is 211 Å². The number of hydrogen-bond acceptors (Lipinski definition) is 6. The molecule has 0 aliphatic heterocycles. The second-order valence-corrected chi connectivity index (χ2v) is 9.71. The topological polar surface area (TPSA) is 127 Å². The molecule has 5 N–H and O–H groups in total. The summed E-state index contributed by atoms with van der Waals surface area (Å²) in [7, 11) is 1.49. The first-order chi connectivity index (χ1) is 17.1. The van der Waals surface area contributed by atoms with Crippen molar-refractivity contribution < 1.29 is 19.4 Å². The van der Waals surface area contributed by atoms with Crippen LogP contribution >= 0.6 is 0 Å². The molecular weight excluding hydrogens is 456 g/mol. The zero-order valence-corrected chi connectivity index (χ0v) is 21.4. The van der Waals surface area contributed by atoms with E-state index in [0.29, 0.717) is 29.2 Å². The number of carbonyl (C=O) groups excluding carboxylic acids is 2. The van der Waals surface area contributed by atoms with Gasteiger partial charge in [-0.3, -0.25) is 9.59 Å². The Morgan fingerprint density at radius 2 is 1.78 bits per heavy atom. The van der Waals surface area contributed by atoms with Gasteiger partial charge < -0.3 is 26.2 Å². The lowest BCUT2D eigenvalue weighted by Crippen LogP contribution is -2.46. The van der Waals surface area contributed by atoms with Crippen LogP contribution in [0.4, 0.5) is 5.69 Å². The number of ether oxygens (including phenoxy) is 1. The zero-order valence-electron chi connectivity index (χ0n) is 21.4. The number of aromatic nitrogens is 1. The number of nitrogens with two attached hydrogens (primary N) is 1. The number of carbonyl (C=O) groups is 2. The van der Waals surface area contributed by atoms with Gasteiger partial charge in [-0.25, -0.2) is 4.98 Å². The minimum absolute atomic E-state index is 0.156. The van der Waals surface area contributed by atoms with Gasteiger partial charge in [0.1, 0.15) is 5.69 Å². The Hall–Kier alpha value is -3.75. The molecule has 0 saturated heterocycles. The van der Waals surface area contributed by atoms with Crippen LogP contribution in [0, 0.1) is 12.3 Å². The van der Waals surface area contributed by atoms with Crippen molar-refractivity contribution in [2.45, 2.75) is 40.3 Å². The second-order valence-electron chi connectivity index (χ2n) is 9.71. The molecule has 2 aromatic carbocycles. The van der Waals surface area contributed by atoms with Gasteiger partial charge in [-0.15, -0.1) is 0 Å². The first-order valence-electron chi connectivity index (χ1n) is 11.8. The summed E-state index contributed by atoms with van der Waals surface area (Å²) in [6.07, 6.45) is 0. The largest absolute Gasteiger partial charge is 0.481 e. The molecule has 0 aliphatic carbocycles. The predicted molar refractivity (Wildman–Crippen MR) is 141 cm³/mol. The highest BCUT2D eigenvalue weighted by Crippen LogP contribution is 2.29. The van der Waals surface area contributed by atoms with Crippen molar-refractivity contribution in [3.63, 3.8) is 0 Å². The minimum Gasteiger partial charge on any atom is -0.481 e. The zero-order chi connectivity index (χ0) is 26.5. The lowest BCUT2D eigenvalue weighted by atomic mass is 9.87. The molecule has 0 unspecified atom stereocenters. The van der Waals surface area contributed by atoms with Gasteiger partial charge >= 0.3 is 0 Å². The Morgan fingerprint density at radius 1 is 1.06 bits per heavy atom. The van der Waals surface area contributed by atoms with E-state index >= 15 is 0 Å². The van der Waals surface area contributed by atoms with E-state index < -0.39 is 5.91 Å². The standard InChI is InChI=1S/C28H34N4O4/c1-17-13-19(26(34)31-23(16-33)28(2,3)4)9-10-21(17)22-11-12-24(36-5)32-25(22)27(35)30-20-8-6-7-18(14-20)15-29/h6-14,23,33H,15-16,29H2,1-5H3,(H,30,35)(H,31,34)/t23-/m1/s1. The predicted octanol–water partition coefficient (Wildman–Crippen LogP) is 3.91. The normalized spacial score (nSPS) is 12.1. The third-order valence-electron chi connectivity index (χ3n) is 6.03. The van der Waals surface area contributed by atoms with Gasteiger partial charge in [-0.2, -0.15) is 0 Å². The number of methoxy groups -OCH3 is 1. The van der Waals surface area contributed by atoms with Crippen LogP contribution in [0.2, 0.25) is 0 Å². The van der Waals surface area contributed by atoms with Crippen molar-refractivity contribution in [2.75, 3.05) is 19.0 Å². The molecule has 8 nitrogen and oxygen atoms in total. The lowest BCUT2D eigenvalue weighted by molar-refractivity contribution is 0.0848. The van der Waals surface area contributed by atoms with Crippen LogP contribution in [0.25, 0.3) is 11.1 Å². The molecule has 1 atom stereocenters. The fourth-order valence-electron chi connectivity index (χ4n) is 3.80. The maximum Gasteiger partial charge on any atom is 0.275 e. The van der Waals surface area contributed by atoms with Crippen molar-refractivity contribution >= 4 is 17.5 Å². The highest BCUT2D eigenvalue weighted by atomic mass is 16.5. The van der Waals surface area contributed by atoms with Gasteiger partial charge in [0, 0.05) is 29.4 Å². The number of aliphatic hydroxyl groups is 1. The van der Waals surface area contributed by atoms with E-state index in [1.165, 1.54) is 7.11 Å². The molecule has 1 heterocycles. The average molecular weight is 491 g/mol. The van der Waals surface area contributed by atoms with Crippen molar-refractivity contribution in [1.29, 1.82) is 0 Å². The number of amides is 2. The Balaban J connectivity index is 1.94. The maximum atomic E-state index is 13.3. The third-order valence-corrected chi connectivity index (χ3v) is 6.03. The van der Waals surface area contributed by atoms with Crippen LogP contribution in [0.1, 0.15) is 52.7 Å². The molecular formula is C28H34N4O4.